The average Bonchev–Trinajstić information content (AvgIpc) is 3.08. The topological polar surface area (TPSA) is 87.2 Å². The summed E-state index contributed by atoms with van der Waals surface area (Å²) in [5.41, 5.74) is -0.952. The standard InChI is InChI=1S/C11H13N2O4.C2H2.Na/c14-6-7-5-11(2-3-11)9(17-7)13-4-1-8(15)12-10(13)16;1-2;/h1,4,7,9H,2-3,5-6H2,(H,12,15,16);1-2H;/q-1;;+1/t7?,9-;;/m1../s1. The molecule has 0 radical (unpaired) electrons. The summed E-state index contributed by atoms with van der Waals surface area (Å²) in [6.45, 7) is -0.281. The summed E-state index contributed by atoms with van der Waals surface area (Å²) in [5, 5.41) is 10.9. The fourth-order valence-corrected chi connectivity index (χ4v) is 2.61. The van der Waals surface area contributed by atoms with Gasteiger partial charge in [-0.25, -0.2) is 4.79 Å². The smallest absolute Gasteiger partial charge is 0.853 e. The second kappa shape index (κ2) is 6.74. The molecule has 1 aliphatic heterocycles. The van der Waals surface area contributed by atoms with Gasteiger partial charge < -0.3 is 9.84 Å². The molecule has 1 N–H and O–H groups in total. The molecule has 102 valence electrons. The molecule has 2 atom stereocenters. The van der Waals surface area contributed by atoms with Crippen LogP contribution in [0.3, 0.4) is 0 Å². The Balaban J connectivity index is 0.000000639. The number of ether oxygens (including phenoxy) is 1. The first-order valence-corrected chi connectivity index (χ1v) is 6.03. The third-order valence-electron chi connectivity index (χ3n) is 3.66. The summed E-state index contributed by atoms with van der Waals surface area (Å²) in [5.74, 6) is 0. The van der Waals surface area contributed by atoms with E-state index in [1.165, 1.54) is 16.8 Å². The van der Waals surface area contributed by atoms with E-state index in [0.29, 0.717) is 6.42 Å². The van der Waals surface area contributed by atoms with Crippen LogP contribution in [0.15, 0.2) is 21.9 Å². The number of nitrogens with zero attached hydrogens (tertiary/aromatic N) is 1. The molecule has 2 fully saturated rings. The molecule has 2 heterocycles. The number of hydrogen-bond acceptors (Lipinski definition) is 4. The molecule has 0 bridgehead atoms. The second-order valence-corrected chi connectivity index (χ2v) is 4.86. The van der Waals surface area contributed by atoms with Gasteiger partial charge in [-0.15, -0.1) is 19.5 Å². The zero-order chi connectivity index (χ0) is 14.0. The zero-order valence-electron chi connectivity index (χ0n) is 11.4. The van der Waals surface area contributed by atoms with Crippen LogP contribution < -0.4 is 45.9 Å². The minimum Gasteiger partial charge on any atom is -0.853 e. The van der Waals surface area contributed by atoms with Crippen LogP contribution in [-0.4, -0.2) is 22.3 Å². The van der Waals surface area contributed by atoms with Crippen LogP contribution in [0.5, 0.6) is 0 Å². The van der Waals surface area contributed by atoms with Crippen molar-refractivity contribution >= 4 is 0 Å². The Hall–Kier alpha value is -0.840. The van der Waals surface area contributed by atoms with Gasteiger partial charge in [0.2, 0.25) is 0 Å². The second-order valence-electron chi connectivity index (χ2n) is 4.86. The largest absolute Gasteiger partial charge is 1.00 e. The minimum atomic E-state index is -0.472. The molecule has 1 aliphatic carbocycles. The van der Waals surface area contributed by atoms with Gasteiger partial charge in [0.15, 0.2) is 0 Å². The molecule has 2 aliphatic rings. The Bertz CT molecular complexity index is 588. The zero-order valence-corrected chi connectivity index (χ0v) is 13.4. The van der Waals surface area contributed by atoms with Gasteiger partial charge in [-0.05, 0) is 19.3 Å². The van der Waals surface area contributed by atoms with E-state index in [0.717, 1.165) is 12.8 Å². The molecule has 6 nitrogen and oxygen atoms in total. The van der Waals surface area contributed by atoms with Crippen molar-refractivity contribution in [1.29, 1.82) is 0 Å². The van der Waals surface area contributed by atoms with Crippen LogP contribution >= 0.6 is 0 Å². The van der Waals surface area contributed by atoms with Crippen molar-refractivity contribution in [2.75, 3.05) is 6.61 Å². The van der Waals surface area contributed by atoms with Gasteiger partial charge in [-0.2, -0.15) is 0 Å². The Morgan fingerprint density at radius 2 is 2.10 bits per heavy atom. The maximum atomic E-state index is 11.7. The molecular formula is C13H15N2NaO4. The first-order valence-electron chi connectivity index (χ1n) is 6.03. The summed E-state index contributed by atoms with van der Waals surface area (Å²) in [6, 6.07) is 1.30. The average molecular weight is 286 g/mol. The first kappa shape index (κ1) is 17.2. The number of hydrogen-bond donors (Lipinski definition) is 1. The molecule has 1 aromatic rings. The van der Waals surface area contributed by atoms with Gasteiger partial charge in [-0.1, -0.05) is 0 Å². The molecule has 0 aromatic carbocycles. The molecule has 0 amide bonds. The monoisotopic (exact) mass is 286 g/mol. The number of rotatable bonds is 2. The van der Waals surface area contributed by atoms with Crippen molar-refractivity contribution in [1.82, 2.24) is 9.55 Å². The SMILES string of the molecule is C#C.O=c1ccn([C@@H]2OC(C[O-])CC23CC3)c(=O)[nH]1.[Na+]. The van der Waals surface area contributed by atoms with Crippen LogP contribution in [0.1, 0.15) is 25.5 Å². The van der Waals surface area contributed by atoms with Crippen molar-refractivity contribution in [3.63, 3.8) is 0 Å². The summed E-state index contributed by atoms with van der Waals surface area (Å²) in [4.78, 5) is 24.9. The van der Waals surface area contributed by atoms with E-state index in [9.17, 15) is 14.7 Å². The number of terminal acetylenes is 1. The molecule has 1 saturated heterocycles. The summed E-state index contributed by atoms with van der Waals surface area (Å²) in [6.07, 6.45) is 11.4. The Morgan fingerprint density at radius 1 is 1.45 bits per heavy atom. The van der Waals surface area contributed by atoms with Gasteiger partial charge in [0.25, 0.3) is 5.56 Å². The minimum absolute atomic E-state index is 0. The normalized spacial score (nSPS) is 25.4. The van der Waals surface area contributed by atoms with Gasteiger partial charge in [-0.3, -0.25) is 14.3 Å². The van der Waals surface area contributed by atoms with E-state index in [2.05, 4.69) is 17.8 Å². The number of nitrogens with one attached hydrogen (secondary N) is 1. The van der Waals surface area contributed by atoms with E-state index in [4.69, 9.17) is 4.74 Å². The van der Waals surface area contributed by atoms with Crippen LogP contribution in [0.4, 0.5) is 0 Å². The Labute approximate surface area is 138 Å². The van der Waals surface area contributed by atoms with E-state index in [-0.39, 0.29) is 47.7 Å². The first-order chi connectivity index (χ1) is 9.14. The van der Waals surface area contributed by atoms with Crippen LogP contribution in [0.25, 0.3) is 0 Å². The predicted octanol–water partition coefficient (Wildman–Crippen LogP) is -3.78. The van der Waals surface area contributed by atoms with Crippen molar-refractivity contribution < 1.29 is 39.4 Å². The van der Waals surface area contributed by atoms with Crippen molar-refractivity contribution in [3.05, 3.63) is 33.1 Å². The Morgan fingerprint density at radius 3 is 2.60 bits per heavy atom. The summed E-state index contributed by atoms with van der Waals surface area (Å²) in [7, 11) is 0. The number of H-pyrrole nitrogens is 1. The predicted molar refractivity (Wildman–Crippen MR) is 66.3 cm³/mol. The summed E-state index contributed by atoms with van der Waals surface area (Å²) < 4.78 is 7.02. The van der Waals surface area contributed by atoms with Crippen LogP contribution in [-0.2, 0) is 4.74 Å². The molecule has 1 aromatic heterocycles. The fourth-order valence-electron chi connectivity index (χ4n) is 2.61. The van der Waals surface area contributed by atoms with Crippen LogP contribution in [0, 0.1) is 18.3 Å². The van der Waals surface area contributed by atoms with E-state index >= 15 is 0 Å². The molecule has 1 spiro atoms. The van der Waals surface area contributed by atoms with E-state index < -0.39 is 17.5 Å². The molecular weight excluding hydrogens is 271 g/mol. The maximum absolute atomic E-state index is 11.7. The van der Waals surface area contributed by atoms with Gasteiger partial charge >= 0.3 is 35.2 Å². The van der Waals surface area contributed by atoms with Crippen molar-refractivity contribution in [2.24, 2.45) is 5.41 Å². The molecule has 3 rings (SSSR count). The number of aromatic amines is 1. The molecule has 1 unspecified atom stereocenters. The van der Waals surface area contributed by atoms with Crippen LogP contribution in [0.2, 0.25) is 0 Å². The number of aromatic nitrogens is 2. The Kier molecular flexibility index (Phi) is 5.80. The molecule has 20 heavy (non-hydrogen) atoms. The molecule has 7 heteroatoms. The summed E-state index contributed by atoms with van der Waals surface area (Å²) >= 11 is 0. The van der Waals surface area contributed by atoms with E-state index in [1.807, 2.05) is 0 Å². The van der Waals surface area contributed by atoms with Crippen molar-refractivity contribution in [3.8, 4) is 12.8 Å². The molecule has 1 saturated carbocycles. The fraction of sp³-hybridized carbons (Fsp3) is 0.538. The van der Waals surface area contributed by atoms with Gasteiger partial charge in [0, 0.05) is 23.8 Å². The third kappa shape index (κ3) is 3.08. The quantitative estimate of drug-likeness (QED) is 0.446. The third-order valence-corrected chi connectivity index (χ3v) is 3.66. The van der Waals surface area contributed by atoms with E-state index in [1.54, 1.807) is 0 Å². The van der Waals surface area contributed by atoms with Gasteiger partial charge in [0.05, 0.1) is 0 Å². The maximum Gasteiger partial charge on any atom is 1.00 e. The van der Waals surface area contributed by atoms with Crippen molar-refractivity contribution in [2.45, 2.75) is 31.6 Å². The van der Waals surface area contributed by atoms with Gasteiger partial charge in [0.1, 0.15) is 6.23 Å².